The maximum absolute atomic E-state index is 13.4. The number of nitrogens with one attached hydrogen (secondary N) is 1. The molecule has 188 valence electrons. The van der Waals surface area contributed by atoms with Gasteiger partial charge in [0, 0.05) is 40.9 Å². The second kappa shape index (κ2) is 9.35. The first-order valence-corrected chi connectivity index (χ1v) is 12.9. The first-order chi connectivity index (χ1) is 18.0. The Hall–Kier alpha value is -4.20. The van der Waals surface area contributed by atoms with Crippen LogP contribution in [0.15, 0.2) is 60.3 Å². The fourth-order valence-corrected chi connectivity index (χ4v) is 5.87. The first-order valence-electron chi connectivity index (χ1n) is 12.9. The summed E-state index contributed by atoms with van der Waals surface area (Å²) in [4.78, 5) is 55.0. The molecule has 1 aliphatic carbocycles. The molecule has 1 N–H and O–H groups in total. The summed E-state index contributed by atoms with van der Waals surface area (Å²) in [6.07, 6.45) is 8.65. The van der Waals surface area contributed by atoms with E-state index in [1.54, 1.807) is 6.08 Å². The number of aromatic nitrogens is 1. The second-order valence-corrected chi connectivity index (χ2v) is 9.94. The van der Waals surface area contributed by atoms with Gasteiger partial charge in [-0.1, -0.05) is 49.2 Å². The van der Waals surface area contributed by atoms with Crippen LogP contribution in [0, 0.1) is 0 Å². The predicted molar refractivity (Wildman–Crippen MR) is 140 cm³/mol. The Balaban J connectivity index is 1.34. The summed E-state index contributed by atoms with van der Waals surface area (Å²) in [6.45, 7) is 0.802. The molecule has 1 saturated heterocycles. The molecule has 2 aromatic carbocycles. The maximum Gasteiger partial charge on any atom is 0.331 e. The van der Waals surface area contributed by atoms with Gasteiger partial charge in [0.1, 0.15) is 12.1 Å². The largest absolute Gasteiger partial charge is 0.337 e. The summed E-state index contributed by atoms with van der Waals surface area (Å²) in [5, 5.41) is 3.16. The lowest BCUT2D eigenvalue weighted by Gasteiger charge is -2.31. The molecule has 8 nitrogen and oxygen atoms in total. The molecule has 0 spiro atoms. The lowest BCUT2D eigenvalue weighted by atomic mass is 10.0. The van der Waals surface area contributed by atoms with Crippen LogP contribution in [-0.4, -0.2) is 45.8 Å². The predicted octanol–water partition coefficient (Wildman–Crippen LogP) is 4.03. The van der Waals surface area contributed by atoms with Gasteiger partial charge in [-0.05, 0) is 49.5 Å². The van der Waals surface area contributed by atoms with Crippen molar-refractivity contribution < 1.29 is 19.2 Å². The normalized spacial score (nSPS) is 19.6. The number of para-hydroxylation sites is 2. The molecule has 2 aliphatic heterocycles. The standard InChI is InChI=1S/C29H28N4O4/c34-26(32-15-7-9-19-8-1-5-13-24(19)32)18-31-17-20(22-12-4-6-14-25(22)31)16-23-27(35)30-29(37)33(28(23)36)21-10-2-3-11-21/h1,4-6,8,12-14,16-17,21H,2-3,7,9-11,15,18H2,(H,30,35,37)/b23-16-. The molecule has 3 heterocycles. The van der Waals surface area contributed by atoms with Crippen molar-refractivity contribution in [3.63, 3.8) is 0 Å². The van der Waals surface area contributed by atoms with Gasteiger partial charge >= 0.3 is 6.03 Å². The number of fused-ring (bicyclic) bond motifs is 2. The quantitative estimate of drug-likeness (QED) is 0.436. The Morgan fingerprint density at radius 2 is 1.73 bits per heavy atom. The van der Waals surface area contributed by atoms with E-state index in [0.717, 1.165) is 55.1 Å². The van der Waals surface area contributed by atoms with Crippen molar-refractivity contribution in [1.82, 2.24) is 14.8 Å². The van der Waals surface area contributed by atoms with E-state index in [0.29, 0.717) is 12.1 Å². The molecule has 3 aliphatic rings. The van der Waals surface area contributed by atoms with E-state index in [4.69, 9.17) is 0 Å². The number of rotatable bonds is 4. The third-order valence-electron chi connectivity index (χ3n) is 7.66. The third-order valence-corrected chi connectivity index (χ3v) is 7.66. The van der Waals surface area contributed by atoms with Gasteiger partial charge in [-0.3, -0.25) is 24.6 Å². The number of anilines is 1. The number of benzene rings is 2. The highest BCUT2D eigenvalue weighted by Crippen LogP contribution is 2.30. The molecular weight excluding hydrogens is 468 g/mol. The van der Waals surface area contributed by atoms with E-state index >= 15 is 0 Å². The molecule has 6 rings (SSSR count). The lowest BCUT2D eigenvalue weighted by Crippen LogP contribution is -2.57. The number of carbonyl (C=O) groups is 4. The molecule has 1 saturated carbocycles. The smallest absolute Gasteiger partial charge is 0.331 e. The van der Waals surface area contributed by atoms with Crippen molar-refractivity contribution in [2.24, 2.45) is 0 Å². The summed E-state index contributed by atoms with van der Waals surface area (Å²) in [5.41, 5.74) is 3.56. The van der Waals surface area contributed by atoms with E-state index in [-0.39, 0.29) is 24.1 Å². The zero-order valence-electron chi connectivity index (χ0n) is 20.5. The monoisotopic (exact) mass is 496 g/mol. The number of nitrogens with zero attached hydrogens (tertiary/aromatic N) is 3. The molecular formula is C29H28N4O4. The number of urea groups is 1. The molecule has 0 unspecified atom stereocenters. The highest BCUT2D eigenvalue weighted by molar-refractivity contribution is 6.31. The van der Waals surface area contributed by atoms with Crippen LogP contribution >= 0.6 is 0 Å². The number of amides is 5. The van der Waals surface area contributed by atoms with Crippen molar-refractivity contribution in [2.45, 2.75) is 51.1 Å². The topological polar surface area (TPSA) is 91.7 Å². The minimum absolute atomic E-state index is 0.0170. The molecule has 8 heteroatoms. The summed E-state index contributed by atoms with van der Waals surface area (Å²) in [5.74, 6) is -1.27. The molecule has 1 aromatic heterocycles. The van der Waals surface area contributed by atoms with Crippen molar-refractivity contribution >= 4 is 46.4 Å². The molecule has 5 amide bonds. The van der Waals surface area contributed by atoms with E-state index in [1.807, 2.05) is 58.1 Å². The first kappa shape index (κ1) is 23.2. The maximum atomic E-state index is 13.4. The second-order valence-electron chi connectivity index (χ2n) is 9.94. The SMILES string of the molecule is O=C1NC(=O)N(C2CCCC2)C(=O)/C1=C\c1cn(CC(=O)N2CCCc3ccccc32)c2ccccc12. The van der Waals surface area contributed by atoms with Crippen molar-refractivity contribution in [3.8, 4) is 0 Å². The molecule has 0 bridgehead atoms. The Kier molecular flexibility index (Phi) is 5.87. The van der Waals surface area contributed by atoms with Crippen LogP contribution in [0.1, 0.15) is 43.2 Å². The number of aryl methyl sites for hydroxylation is 1. The molecule has 3 aromatic rings. The Bertz CT molecular complexity index is 1460. The van der Waals surface area contributed by atoms with Gasteiger partial charge in [0.15, 0.2) is 0 Å². The number of barbiturate groups is 1. The fourth-order valence-electron chi connectivity index (χ4n) is 5.87. The van der Waals surface area contributed by atoms with Gasteiger partial charge < -0.3 is 9.47 Å². The average molecular weight is 497 g/mol. The van der Waals surface area contributed by atoms with Crippen molar-refractivity contribution in [1.29, 1.82) is 0 Å². The van der Waals surface area contributed by atoms with E-state index < -0.39 is 17.8 Å². The Morgan fingerprint density at radius 1 is 0.973 bits per heavy atom. The van der Waals surface area contributed by atoms with Gasteiger partial charge in [0.2, 0.25) is 5.91 Å². The summed E-state index contributed by atoms with van der Waals surface area (Å²) in [7, 11) is 0. The minimum Gasteiger partial charge on any atom is -0.337 e. The number of hydrogen-bond donors (Lipinski definition) is 1. The zero-order valence-corrected chi connectivity index (χ0v) is 20.5. The number of carbonyl (C=O) groups excluding carboxylic acids is 4. The van der Waals surface area contributed by atoms with E-state index in [1.165, 1.54) is 10.5 Å². The lowest BCUT2D eigenvalue weighted by molar-refractivity contribution is -0.131. The van der Waals surface area contributed by atoms with Gasteiger partial charge in [-0.15, -0.1) is 0 Å². The summed E-state index contributed by atoms with van der Waals surface area (Å²) >= 11 is 0. The van der Waals surface area contributed by atoms with Gasteiger partial charge in [-0.25, -0.2) is 4.79 Å². The molecule has 0 atom stereocenters. The van der Waals surface area contributed by atoms with Crippen LogP contribution < -0.4 is 10.2 Å². The minimum atomic E-state index is -0.693. The molecule has 0 radical (unpaired) electrons. The van der Waals surface area contributed by atoms with Gasteiger partial charge in [0.05, 0.1) is 0 Å². The average Bonchev–Trinajstić information content (AvgIpc) is 3.55. The van der Waals surface area contributed by atoms with Crippen LogP contribution in [0.25, 0.3) is 17.0 Å². The van der Waals surface area contributed by atoms with Crippen LogP contribution in [-0.2, 0) is 27.3 Å². The third kappa shape index (κ3) is 4.12. The fraction of sp³-hybridized carbons (Fsp3) is 0.310. The summed E-state index contributed by atoms with van der Waals surface area (Å²) in [6, 6.07) is 14.8. The van der Waals surface area contributed by atoms with Crippen molar-refractivity contribution in [3.05, 3.63) is 71.4 Å². The van der Waals surface area contributed by atoms with Crippen LogP contribution in [0.5, 0.6) is 0 Å². The van der Waals surface area contributed by atoms with Gasteiger partial charge in [0.25, 0.3) is 11.8 Å². The zero-order chi connectivity index (χ0) is 25.5. The molecule has 2 fully saturated rings. The van der Waals surface area contributed by atoms with Crippen LogP contribution in [0.2, 0.25) is 0 Å². The Morgan fingerprint density at radius 3 is 2.57 bits per heavy atom. The Labute approximate surface area is 214 Å². The van der Waals surface area contributed by atoms with Crippen molar-refractivity contribution in [2.75, 3.05) is 11.4 Å². The highest BCUT2D eigenvalue weighted by atomic mass is 16.2. The van der Waals surface area contributed by atoms with E-state index in [2.05, 4.69) is 11.4 Å². The molecule has 37 heavy (non-hydrogen) atoms. The summed E-state index contributed by atoms with van der Waals surface area (Å²) < 4.78 is 1.87. The van der Waals surface area contributed by atoms with Crippen LogP contribution in [0.4, 0.5) is 10.5 Å². The van der Waals surface area contributed by atoms with Gasteiger partial charge in [-0.2, -0.15) is 0 Å². The number of hydrogen-bond acceptors (Lipinski definition) is 4. The highest BCUT2D eigenvalue weighted by Gasteiger charge is 2.40. The van der Waals surface area contributed by atoms with E-state index in [9.17, 15) is 19.2 Å². The van der Waals surface area contributed by atoms with Crippen LogP contribution in [0.3, 0.4) is 0 Å². The number of imide groups is 2.